The van der Waals surface area contributed by atoms with E-state index in [0.29, 0.717) is 57.0 Å². The fourth-order valence-electron chi connectivity index (χ4n) is 5.10. The van der Waals surface area contributed by atoms with E-state index in [-0.39, 0.29) is 18.1 Å². The van der Waals surface area contributed by atoms with Crippen LogP contribution in [0, 0.1) is 5.82 Å². The molecule has 0 radical (unpaired) electrons. The molecule has 44 heavy (non-hydrogen) atoms. The zero-order valence-electron chi connectivity index (χ0n) is 24.2. The molecule has 0 unspecified atom stereocenters. The van der Waals surface area contributed by atoms with Gasteiger partial charge in [0.1, 0.15) is 21.3 Å². The van der Waals surface area contributed by atoms with Crippen LogP contribution in [0.5, 0.6) is 0 Å². The van der Waals surface area contributed by atoms with Crippen molar-refractivity contribution in [3.05, 3.63) is 78.5 Å². The number of hydrogen-bond acceptors (Lipinski definition) is 7. The third-order valence-electron chi connectivity index (χ3n) is 7.29. The minimum Gasteiger partial charge on any atom is -0.337 e. The van der Waals surface area contributed by atoms with E-state index in [1.54, 1.807) is 24.7 Å². The number of nitrogens with zero attached hydrogens (tertiary/aromatic N) is 4. The summed E-state index contributed by atoms with van der Waals surface area (Å²) in [5, 5.41) is 11.2. The van der Waals surface area contributed by atoms with Crippen LogP contribution in [0.15, 0.2) is 67.1 Å². The Labute approximate surface area is 253 Å². The van der Waals surface area contributed by atoms with E-state index in [4.69, 9.17) is 4.98 Å². The van der Waals surface area contributed by atoms with Crippen molar-refractivity contribution in [2.24, 2.45) is 0 Å². The molecule has 224 valence electrons. The minimum absolute atomic E-state index is 0.0565. The molecule has 0 spiro atoms. The van der Waals surface area contributed by atoms with Gasteiger partial charge < -0.3 is 10.3 Å². The van der Waals surface area contributed by atoms with E-state index in [9.17, 15) is 17.6 Å². The summed E-state index contributed by atoms with van der Waals surface area (Å²) in [6.45, 7) is 2.04. The van der Waals surface area contributed by atoms with Gasteiger partial charge in [0.25, 0.3) is 0 Å². The highest BCUT2D eigenvalue weighted by Crippen LogP contribution is 2.33. The SMILES string of the molecule is CCCCC(=O)Nc1cncc(-c2cc3c(-c4nc5c(-c6cc(F)cc(CCS(C)(=O)=O)c6)cccc5[nH]4)n[nH]c3cn2)c1. The van der Waals surface area contributed by atoms with Gasteiger partial charge in [0.05, 0.1) is 46.1 Å². The van der Waals surface area contributed by atoms with E-state index in [2.05, 4.69) is 30.5 Å². The highest BCUT2D eigenvalue weighted by atomic mass is 32.2. The molecule has 0 bridgehead atoms. The third kappa shape index (κ3) is 6.35. The van der Waals surface area contributed by atoms with Crippen LogP contribution in [0.1, 0.15) is 31.7 Å². The number of rotatable bonds is 10. The Bertz CT molecular complexity index is 2120. The summed E-state index contributed by atoms with van der Waals surface area (Å²) in [6.07, 6.45) is 8.57. The Hall–Kier alpha value is -4.97. The highest BCUT2D eigenvalue weighted by Gasteiger charge is 2.17. The molecule has 12 heteroatoms. The fraction of sp³-hybridized carbons (Fsp3) is 0.219. The van der Waals surface area contributed by atoms with Gasteiger partial charge in [-0.05, 0) is 54.3 Å². The van der Waals surface area contributed by atoms with Gasteiger partial charge in [-0.3, -0.25) is 19.9 Å². The lowest BCUT2D eigenvalue weighted by Crippen LogP contribution is -2.11. The van der Waals surface area contributed by atoms with Gasteiger partial charge in [0.15, 0.2) is 5.82 Å². The molecule has 0 atom stereocenters. The second kappa shape index (κ2) is 12.0. The van der Waals surface area contributed by atoms with Gasteiger partial charge >= 0.3 is 0 Å². The number of carbonyl (C=O) groups excluding carboxylic acids is 1. The van der Waals surface area contributed by atoms with Gasteiger partial charge in [-0.1, -0.05) is 31.5 Å². The first-order valence-corrected chi connectivity index (χ1v) is 16.3. The zero-order chi connectivity index (χ0) is 30.8. The first kappa shape index (κ1) is 29.1. The third-order valence-corrected chi connectivity index (χ3v) is 8.24. The second-order valence-electron chi connectivity index (χ2n) is 10.8. The molecule has 0 aliphatic rings. The summed E-state index contributed by atoms with van der Waals surface area (Å²) >= 11 is 0. The molecule has 4 heterocycles. The number of aromatic nitrogens is 6. The van der Waals surface area contributed by atoms with Crippen LogP contribution in [0.25, 0.3) is 55.8 Å². The lowest BCUT2D eigenvalue weighted by Gasteiger charge is -2.07. The predicted octanol–water partition coefficient (Wildman–Crippen LogP) is 6.09. The average Bonchev–Trinajstić information content (AvgIpc) is 3.62. The first-order chi connectivity index (χ1) is 21.2. The Morgan fingerprint density at radius 2 is 1.89 bits per heavy atom. The molecule has 0 aliphatic heterocycles. The van der Waals surface area contributed by atoms with Crippen LogP contribution < -0.4 is 5.32 Å². The summed E-state index contributed by atoms with van der Waals surface area (Å²) in [4.78, 5) is 29.3. The number of hydrogen-bond donors (Lipinski definition) is 3. The molecule has 0 fully saturated rings. The lowest BCUT2D eigenvalue weighted by atomic mass is 10.0. The Morgan fingerprint density at radius 3 is 2.70 bits per heavy atom. The first-order valence-electron chi connectivity index (χ1n) is 14.2. The van der Waals surface area contributed by atoms with Crippen molar-refractivity contribution < 1.29 is 17.6 Å². The molecule has 1 amide bonds. The number of unbranched alkanes of at least 4 members (excludes halogenated alkanes) is 1. The van der Waals surface area contributed by atoms with Crippen molar-refractivity contribution in [3.63, 3.8) is 0 Å². The minimum atomic E-state index is -3.19. The smallest absolute Gasteiger partial charge is 0.224 e. The number of benzene rings is 2. The number of fused-ring (bicyclic) bond motifs is 2. The standard InChI is InChI=1S/C32H30FN7O3S/c1-3-4-8-29(41)36-23-14-21(16-34-17-23)27-15-25-28(18-35-27)39-40-31(25)32-37-26-7-5-6-24(30(26)38-32)20-11-19(12-22(33)13-20)9-10-44(2,42)43/h5-7,11-18H,3-4,8-10H2,1-2H3,(H,36,41)(H,37,38)(H,39,40). The quantitative estimate of drug-likeness (QED) is 0.170. The number of para-hydroxylation sites is 1. The van der Waals surface area contributed by atoms with Crippen molar-refractivity contribution in [2.45, 2.75) is 32.6 Å². The van der Waals surface area contributed by atoms with Gasteiger partial charge in [-0.25, -0.2) is 17.8 Å². The number of aromatic amines is 2. The normalized spacial score (nSPS) is 11.8. The van der Waals surface area contributed by atoms with Crippen molar-refractivity contribution in [1.29, 1.82) is 0 Å². The maximum atomic E-state index is 14.6. The van der Waals surface area contributed by atoms with Crippen LogP contribution in [0.2, 0.25) is 0 Å². The number of pyridine rings is 2. The number of anilines is 1. The molecule has 6 aromatic rings. The van der Waals surface area contributed by atoms with Crippen molar-refractivity contribution in [1.82, 2.24) is 30.1 Å². The van der Waals surface area contributed by atoms with Crippen LogP contribution in [0.4, 0.5) is 10.1 Å². The summed E-state index contributed by atoms with van der Waals surface area (Å²) in [6, 6.07) is 13.9. The summed E-state index contributed by atoms with van der Waals surface area (Å²) < 4.78 is 38.0. The molecule has 0 aliphatic carbocycles. The van der Waals surface area contributed by atoms with Crippen LogP contribution >= 0.6 is 0 Å². The monoisotopic (exact) mass is 611 g/mol. The number of nitrogens with one attached hydrogen (secondary N) is 3. The van der Waals surface area contributed by atoms with Gasteiger partial charge in [-0.15, -0.1) is 0 Å². The highest BCUT2D eigenvalue weighted by molar-refractivity contribution is 7.90. The van der Waals surface area contributed by atoms with Gasteiger partial charge in [0, 0.05) is 35.4 Å². The fourth-order valence-corrected chi connectivity index (χ4v) is 5.70. The average molecular weight is 612 g/mol. The van der Waals surface area contributed by atoms with Crippen LogP contribution in [0.3, 0.4) is 0 Å². The topological polar surface area (TPSA) is 146 Å². The van der Waals surface area contributed by atoms with E-state index in [1.165, 1.54) is 18.4 Å². The molecule has 3 N–H and O–H groups in total. The molecule has 0 saturated heterocycles. The number of amides is 1. The molecule has 2 aromatic carbocycles. The van der Waals surface area contributed by atoms with Crippen molar-refractivity contribution >= 4 is 43.4 Å². The number of aryl methyl sites for hydroxylation is 1. The lowest BCUT2D eigenvalue weighted by molar-refractivity contribution is -0.116. The summed E-state index contributed by atoms with van der Waals surface area (Å²) in [5.74, 6) is -0.0568. The number of sulfone groups is 1. The van der Waals surface area contributed by atoms with Gasteiger partial charge in [-0.2, -0.15) is 5.10 Å². The second-order valence-corrected chi connectivity index (χ2v) is 13.1. The Balaban J connectivity index is 1.35. The largest absolute Gasteiger partial charge is 0.337 e. The maximum absolute atomic E-state index is 14.6. The molecular formula is C32H30FN7O3S. The number of carbonyl (C=O) groups is 1. The molecule has 4 aromatic heterocycles. The molecule has 10 nitrogen and oxygen atoms in total. The zero-order valence-corrected chi connectivity index (χ0v) is 25.0. The summed E-state index contributed by atoms with van der Waals surface area (Å²) in [7, 11) is -3.19. The van der Waals surface area contributed by atoms with Gasteiger partial charge in [0.2, 0.25) is 5.91 Å². The molecule has 6 rings (SSSR count). The maximum Gasteiger partial charge on any atom is 0.224 e. The Morgan fingerprint density at radius 1 is 1.02 bits per heavy atom. The summed E-state index contributed by atoms with van der Waals surface area (Å²) in [5.41, 5.74) is 6.53. The number of imidazole rings is 1. The Kier molecular flexibility index (Phi) is 7.92. The molecule has 0 saturated carbocycles. The van der Waals surface area contributed by atoms with E-state index in [0.717, 1.165) is 29.3 Å². The number of H-pyrrole nitrogens is 2. The van der Waals surface area contributed by atoms with E-state index in [1.807, 2.05) is 37.3 Å². The predicted molar refractivity (Wildman–Crippen MR) is 169 cm³/mol. The van der Waals surface area contributed by atoms with Crippen LogP contribution in [-0.4, -0.2) is 56.5 Å². The van der Waals surface area contributed by atoms with Crippen molar-refractivity contribution in [3.8, 4) is 33.9 Å². The van der Waals surface area contributed by atoms with Crippen molar-refractivity contribution in [2.75, 3.05) is 17.3 Å². The van der Waals surface area contributed by atoms with Crippen LogP contribution in [-0.2, 0) is 21.1 Å². The van der Waals surface area contributed by atoms with E-state index >= 15 is 0 Å². The molecular weight excluding hydrogens is 581 g/mol. The number of halogens is 1. The van der Waals surface area contributed by atoms with E-state index < -0.39 is 15.7 Å².